The molecule has 2 rings (SSSR count). The number of rotatable bonds is 3. The lowest BCUT2D eigenvalue weighted by Crippen LogP contribution is -2.47. The van der Waals surface area contributed by atoms with E-state index in [2.05, 4.69) is 10.2 Å². The summed E-state index contributed by atoms with van der Waals surface area (Å²) >= 11 is 0. The van der Waals surface area contributed by atoms with Gasteiger partial charge in [-0.15, -0.1) is 0 Å². The number of carbonyl (C=O) groups is 2. The molecule has 1 aromatic rings. The van der Waals surface area contributed by atoms with E-state index in [0.717, 1.165) is 18.0 Å². The zero-order valence-electron chi connectivity index (χ0n) is 14.3. The van der Waals surface area contributed by atoms with E-state index in [1.165, 1.54) is 0 Å². The molecule has 0 bridgehead atoms. The number of fused-ring (bicyclic) bond motifs is 1. The first-order valence-electron chi connectivity index (χ1n) is 7.60. The summed E-state index contributed by atoms with van der Waals surface area (Å²) in [6, 6.07) is 5.46. The molecule has 1 unspecified atom stereocenters. The molecule has 23 heavy (non-hydrogen) atoms. The lowest BCUT2D eigenvalue weighted by Gasteiger charge is -2.31. The van der Waals surface area contributed by atoms with Gasteiger partial charge in [0.15, 0.2) is 0 Å². The highest BCUT2D eigenvalue weighted by Crippen LogP contribution is 2.34. The van der Waals surface area contributed by atoms with Gasteiger partial charge in [-0.2, -0.15) is 0 Å². The zero-order valence-corrected chi connectivity index (χ0v) is 14.3. The van der Waals surface area contributed by atoms with Crippen LogP contribution in [0.2, 0.25) is 0 Å². The van der Waals surface area contributed by atoms with Gasteiger partial charge in [-0.05, 0) is 45.4 Å². The maximum Gasteiger partial charge on any atom is 0.408 e. The quantitative estimate of drug-likeness (QED) is 0.867. The fourth-order valence-electron chi connectivity index (χ4n) is 2.36. The van der Waals surface area contributed by atoms with Gasteiger partial charge in [-0.3, -0.25) is 0 Å². The van der Waals surface area contributed by atoms with Gasteiger partial charge in [0.05, 0.1) is 12.2 Å². The average molecular weight is 320 g/mol. The second kappa shape index (κ2) is 6.10. The van der Waals surface area contributed by atoms with E-state index in [9.17, 15) is 9.59 Å². The van der Waals surface area contributed by atoms with E-state index in [4.69, 9.17) is 9.47 Å². The molecule has 0 radical (unpaired) electrons. The van der Waals surface area contributed by atoms with Gasteiger partial charge in [-0.25, -0.2) is 4.79 Å². The normalized spacial score (nSPS) is 16.7. The molecule has 1 aromatic carbocycles. The monoisotopic (exact) mass is 320 g/mol. The first-order chi connectivity index (χ1) is 10.6. The fraction of sp³-hybridized carbons (Fsp3) is 0.529. The largest absolute Gasteiger partial charge is 0.490 e. The minimum Gasteiger partial charge on any atom is -0.490 e. The average Bonchev–Trinajstić information content (AvgIpc) is 2.45. The third-order valence-electron chi connectivity index (χ3n) is 3.65. The molecule has 6 nitrogen and oxygen atoms in total. The number of likely N-dealkylation sites (N-methyl/N-ethyl adjacent to an activating group) is 1. The van der Waals surface area contributed by atoms with Gasteiger partial charge >= 0.3 is 6.09 Å². The predicted octanol–water partition coefficient (Wildman–Crippen LogP) is 2.45. The van der Waals surface area contributed by atoms with Crippen LogP contribution in [0.15, 0.2) is 18.2 Å². The Morgan fingerprint density at radius 1 is 1.35 bits per heavy atom. The van der Waals surface area contributed by atoms with Crippen LogP contribution in [0.5, 0.6) is 5.75 Å². The SMILES string of the molecule is CN1CCOc2ccc(C(C)(C=O)NC(=O)OC(C)(C)C)cc21. The van der Waals surface area contributed by atoms with Crippen molar-refractivity contribution >= 4 is 18.1 Å². The van der Waals surface area contributed by atoms with Crippen LogP contribution >= 0.6 is 0 Å². The number of ether oxygens (including phenoxy) is 2. The van der Waals surface area contributed by atoms with Crippen LogP contribution in [0.1, 0.15) is 33.3 Å². The van der Waals surface area contributed by atoms with Crippen molar-refractivity contribution in [2.24, 2.45) is 0 Å². The third-order valence-corrected chi connectivity index (χ3v) is 3.65. The predicted molar refractivity (Wildman–Crippen MR) is 88.0 cm³/mol. The molecular formula is C17H24N2O4. The topological polar surface area (TPSA) is 67.9 Å². The minimum absolute atomic E-state index is 0.627. The number of hydrogen-bond donors (Lipinski definition) is 1. The van der Waals surface area contributed by atoms with E-state index < -0.39 is 17.2 Å². The molecule has 1 aliphatic heterocycles. The van der Waals surface area contributed by atoms with Gasteiger partial charge < -0.3 is 24.5 Å². The smallest absolute Gasteiger partial charge is 0.408 e. The molecule has 0 aliphatic carbocycles. The summed E-state index contributed by atoms with van der Waals surface area (Å²) in [6.45, 7) is 8.37. The van der Waals surface area contributed by atoms with Gasteiger partial charge in [0.1, 0.15) is 29.8 Å². The molecule has 0 saturated heterocycles. The van der Waals surface area contributed by atoms with Gasteiger partial charge in [-0.1, -0.05) is 6.07 Å². The molecule has 0 saturated carbocycles. The van der Waals surface area contributed by atoms with Crippen molar-refractivity contribution in [3.8, 4) is 5.75 Å². The number of benzene rings is 1. The Bertz CT molecular complexity index is 609. The molecule has 6 heteroatoms. The highest BCUT2D eigenvalue weighted by molar-refractivity contribution is 5.79. The number of anilines is 1. The number of aldehydes is 1. The van der Waals surface area contributed by atoms with Crippen LogP contribution in [-0.4, -0.2) is 38.2 Å². The number of nitrogens with one attached hydrogen (secondary N) is 1. The van der Waals surface area contributed by atoms with Crippen LogP contribution in [-0.2, 0) is 15.1 Å². The Balaban J connectivity index is 2.27. The highest BCUT2D eigenvalue weighted by atomic mass is 16.6. The second-order valence-corrected chi connectivity index (χ2v) is 6.90. The maximum absolute atomic E-state index is 12.0. The van der Waals surface area contributed by atoms with Crippen molar-refractivity contribution < 1.29 is 19.1 Å². The van der Waals surface area contributed by atoms with E-state index in [0.29, 0.717) is 18.5 Å². The number of carbonyl (C=O) groups excluding carboxylic acids is 2. The summed E-state index contributed by atoms with van der Waals surface area (Å²) in [7, 11) is 1.96. The number of nitrogens with zero attached hydrogens (tertiary/aromatic N) is 1. The molecule has 1 atom stereocenters. The van der Waals surface area contributed by atoms with Crippen LogP contribution in [0.25, 0.3) is 0 Å². The van der Waals surface area contributed by atoms with E-state index in [-0.39, 0.29) is 0 Å². The summed E-state index contributed by atoms with van der Waals surface area (Å²) in [5.74, 6) is 0.771. The number of alkyl carbamates (subject to hydrolysis) is 1. The Labute approximate surface area is 136 Å². The van der Waals surface area contributed by atoms with Crippen LogP contribution in [0.3, 0.4) is 0 Å². The molecule has 1 aliphatic rings. The highest BCUT2D eigenvalue weighted by Gasteiger charge is 2.32. The van der Waals surface area contributed by atoms with Gasteiger partial charge in [0.2, 0.25) is 0 Å². The summed E-state index contributed by atoms with van der Waals surface area (Å²) in [5.41, 5.74) is -0.227. The standard InChI is InChI=1S/C17H24N2O4/c1-16(2,3)23-15(21)18-17(4,11-20)12-6-7-14-13(10-12)19(5)8-9-22-14/h6-7,10-11H,8-9H2,1-5H3,(H,18,21). The molecule has 0 aromatic heterocycles. The van der Waals surface area contributed by atoms with Crippen LogP contribution in [0, 0.1) is 0 Å². The van der Waals surface area contributed by atoms with Gasteiger partial charge in [0.25, 0.3) is 0 Å². The first-order valence-corrected chi connectivity index (χ1v) is 7.60. The maximum atomic E-state index is 12.0. The number of hydrogen-bond acceptors (Lipinski definition) is 5. The summed E-state index contributed by atoms with van der Waals surface area (Å²) in [6.07, 6.45) is 0.0805. The Kier molecular flexibility index (Phi) is 4.54. The van der Waals surface area contributed by atoms with Crippen molar-refractivity contribution in [2.75, 3.05) is 25.1 Å². The Hall–Kier alpha value is -2.24. The van der Waals surface area contributed by atoms with Crippen molar-refractivity contribution in [3.05, 3.63) is 23.8 Å². The first kappa shape index (κ1) is 17.1. The molecule has 126 valence electrons. The van der Waals surface area contributed by atoms with Gasteiger partial charge in [0, 0.05) is 7.05 Å². The van der Waals surface area contributed by atoms with Crippen molar-refractivity contribution in [2.45, 2.75) is 38.8 Å². The minimum atomic E-state index is -1.17. The lowest BCUT2D eigenvalue weighted by atomic mass is 9.93. The molecule has 0 spiro atoms. The van der Waals surface area contributed by atoms with E-state index >= 15 is 0 Å². The van der Waals surface area contributed by atoms with Crippen molar-refractivity contribution in [1.29, 1.82) is 0 Å². The van der Waals surface area contributed by atoms with E-state index in [1.807, 2.05) is 19.2 Å². The second-order valence-electron chi connectivity index (χ2n) is 6.90. The van der Waals surface area contributed by atoms with Crippen molar-refractivity contribution in [1.82, 2.24) is 5.32 Å². The van der Waals surface area contributed by atoms with E-state index in [1.54, 1.807) is 33.8 Å². The molecule has 0 fully saturated rings. The fourth-order valence-corrected chi connectivity index (χ4v) is 2.36. The third kappa shape index (κ3) is 3.94. The summed E-state index contributed by atoms with van der Waals surface area (Å²) in [5, 5.41) is 2.65. The molecular weight excluding hydrogens is 296 g/mol. The Morgan fingerprint density at radius 2 is 2.04 bits per heavy atom. The number of amides is 1. The molecule has 1 amide bonds. The zero-order chi connectivity index (χ0) is 17.3. The Morgan fingerprint density at radius 3 is 2.65 bits per heavy atom. The van der Waals surface area contributed by atoms with Crippen LogP contribution in [0.4, 0.5) is 10.5 Å². The lowest BCUT2D eigenvalue weighted by molar-refractivity contribution is -0.113. The molecule has 1 heterocycles. The van der Waals surface area contributed by atoms with Crippen molar-refractivity contribution in [3.63, 3.8) is 0 Å². The molecule has 1 N–H and O–H groups in total. The summed E-state index contributed by atoms with van der Waals surface area (Å²) in [4.78, 5) is 25.8. The van der Waals surface area contributed by atoms with Crippen LogP contribution < -0.4 is 15.0 Å². The summed E-state index contributed by atoms with van der Waals surface area (Å²) < 4.78 is 10.8.